The number of hydrogen-bond acceptors (Lipinski definition) is 4. The summed E-state index contributed by atoms with van der Waals surface area (Å²) in [5.41, 5.74) is 0. The van der Waals surface area contributed by atoms with Gasteiger partial charge in [0.1, 0.15) is 11.6 Å². The van der Waals surface area contributed by atoms with Crippen LogP contribution >= 0.6 is 0 Å². The van der Waals surface area contributed by atoms with Gasteiger partial charge in [-0.25, -0.2) is 9.78 Å². The number of rotatable bonds is 2. The monoisotopic (exact) mass is 237 g/mol. The van der Waals surface area contributed by atoms with Gasteiger partial charge in [-0.1, -0.05) is 0 Å². The SMILES string of the molecule is O=C(Nc1ccc(O)cn1)C1CN(C(=O)O)C1. The minimum absolute atomic E-state index is 0.0173. The number of hydrogen-bond donors (Lipinski definition) is 3. The molecule has 0 unspecified atom stereocenters. The summed E-state index contributed by atoms with van der Waals surface area (Å²) >= 11 is 0. The number of carbonyl (C=O) groups is 2. The van der Waals surface area contributed by atoms with Gasteiger partial charge in [-0.2, -0.15) is 0 Å². The molecule has 0 aliphatic carbocycles. The molecule has 0 saturated carbocycles. The Balaban J connectivity index is 1.87. The van der Waals surface area contributed by atoms with Gasteiger partial charge in [0.15, 0.2) is 0 Å². The summed E-state index contributed by atoms with van der Waals surface area (Å²) in [6, 6.07) is 2.88. The second kappa shape index (κ2) is 4.28. The van der Waals surface area contributed by atoms with Gasteiger partial charge in [-0.05, 0) is 12.1 Å². The third-order valence-corrected chi connectivity index (χ3v) is 2.52. The predicted octanol–water partition coefficient (Wildman–Crippen LogP) is 0.335. The van der Waals surface area contributed by atoms with Gasteiger partial charge in [0.05, 0.1) is 12.1 Å². The Bertz CT molecular complexity index is 439. The molecule has 1 aliphatic heterocycles. The van der Waals surface area contributed by atoms with E-state index in [1.807, 2.05) is 0 Å². The molecule has 90 valence electrons. The average Bonchev–Trinajstić information content (AvgIpc) is 2.18. The normalized spacial score (nSPS) is 15.2. The highest BCUT2D eigenvalue weighted by molar-refractivity contribution is 5.93. The smallest absolute Gasteiger partial charge is 0.407 e. The van der Waals surface area contributed by atoms with E-state index in [1.54, 1.807) is 0 Å². The van der Waals surface area contributed by atoms with E-state index in [0.29, 0.717) is 5.82 Å². The minimum Gasteiger partial charge on any atom is -0.506 e. The largest absolute Gasteiger partial charge is 0.506 e. The van der Waals surface area contributed by atoms with Gasteiger partial charge >= 0.3 is 6.09 Å². The Hall–Kier alpha value is -2.31. The molecule has 0 atom stereocenters. The zero-order valence-corrected chi connectivity index (χ0v) is 8.83. The zero-order chi connectivity index (χ0) is 12.4. The van der Waals surface area contributed by atoms with Crippen LogP contribution in [0.1, 0.15) is 0 Å². The molecule has 2 amide bonds. The van der Waals surface area contributed by atoms with E-state index in [4.69, 9.17) is 10.2 Å². The fraction of sp³-hybridized carbons (Fsp3) is 0.300. The van der Waals surface area contributed by atoms with Crippen molar-refractivity contribution in [3.8, 4) is 5.75 Å². The first-order valence-electron chi connectivity index (χ1n) is 5.00. The van der Waals surface area contributed by atoms with E-state index in [9.17, 15) is 9.59 Å². The van der Waals surface area contributed by atoms with Crippen molar-refractivity contribution in [2.75, 3.05) is 18.4 Å². The summed E-state index contributed by atoms with van der Waals surface area (Å²) < 4.78 is 0. The van der Waals surface area contributed by atoms with Crippen LogP contribution in [0.2, 0.25) is 0 Å². The quantitative estimate of drug-likeness (QED) is 0.688. The summed E-state index contributed by atoms with van der Waals surface area (Å²) in [6.45, 7) is 0.415. The van der Waals surface area contributed by atoms with Gasteiger partial charge in [-0.15, -0.1) is 0 Å². The number of nitrogens with zero attached hydrogens (tertiary/aromatic N) is 2. The molecule has 1 aliphatic rings. The van der Waals surface area contributed by atoms with Crippen molar-refractivity contribution in [2.45, 2.75) is 0 Å². The Morgan fingerprint density at radius 2 is 2.12 bits per heavy atom. The molecule has 0 spiro atoms. The molecule has 1 aromatic rings. The van der Waals surface area contributed by atoms with Crippen molar-refractivity contribution in [2.24, 2.45) is 5.92 Å². The molecule has 3 N–H and O–H groups in total. The van der Waals surface area contributed by atoms with Crippen LogP contribution in [0.25, 0.3) is 0 Å². The van der Waals surface area contributed by atoms with Crippen molar-refractivity contribution >= 4 is 17.8 Å². The Labute approximate surface area is 96.7 Å². The summed E-state index contributed by atoms with van der Waals surface area (Å²) in [5, 5.41) is 20.2. The summed E-state index contributed by atoms with van der Waals surface area (Å²) in [6.07, 6.45) is 0.205. The topological polar surface area (TPSA) is 103 Å². The van der Waals surface area contributed by atoms with E-state index in [-0.39, 0.29) is 30.7 Å². The van der Waals surface area contributed by atoms with Crippen LogP contribution in [-0.4, -0.2) is 45.2 Å². The average molecular weight is 237 g/mol. The second-order valence-corrected chi connectivity index (χ2v) is 3.78. The molecule has 0 bridgehead atoms. The fourth-order valence-electron chi connectivity index (χ4n) is 1.49. The van der Waals surface area contributed by atoms with Crippen LogP contribution in [-0.2, 0) is 4.79 Å². The highest BCUT2D eigenvalue weighted by Gasteiger charge is 2.35. The van der Waals surface area contributed by atoms with Crippen molar-refractivity contribution in [1.29, 1.82) is 0 Å². The maximum atomic E-state index is 11.6. The Morgan fingerprint density at radius 3 is 2.65 bits per heavy atom. The molecule has 0 aromatic carbocycles. The lowest BCUT2D eigenvalue weighted by atomic mass is 10.00. The first-order chi connectivity index (χ1) is 8.06. The standard InChI is InChI=1S/C10H11N3O4/c14-7-1-2-8(11-3-7)12-9(15)6-4-13(5-6)10(16)17/h1-3,6,14H,4-5H2,(H,16,17)(H,11,12,15). The van der Waals surface area contributed by atoms with Gasteiger partial charge in [0, 0.05) is 13.1 Å². The highest BCUT2D eigenvalue weighted by Crippen LogP contribution is 2.18. The number of carboxylic acid groups (broad SMARTS) is 1. The number of anilines is 1. The maximum Gasteiger partial charge on any atom is 0.407 e. The van der Waals surface area contributed by atoms with Crippen LogP contribution in [0.5, 0.6) is 5.75 Å². The van der Waals surface area contributed by atoms with Crippen LogP contribution in [0.4, 0.5) is 10.6 Å². The third kappa shape index (κ3) is 2.44. The molecule has 1 aromatic heterocycles. The maximum absolute atomic E-state index is 11.6. The molecular weight excluding hydrogens is 226 g/mol. The van der Waals surface area contributed by atoms with Crippen molar-refractivity contribution in [1.82, 2.24) is 9.88 Å². The molecule has 17 heavy (non-hydrogen) atoms. The number of nitrogens with one attached hydrogen (secondary N) is 1. The van der Waals surface area contributed by atoms with Gasteiger partial charge in [0.25, 0.3) is 0 Å². The van der Waals surface area contributed by atoms with E-state index >= 15 is 0 Å². The summed E-state index contributed by atoms with van der Waals surface area (Å²) in [4.78, 5) is 27.1. The molecule has 2 rings (SSSR count). The van der Waals surface area contributed by atoms with Gasteiger partial charge < -0.3 is 20.4 Å². The zero-order valence-electron chi connectivity index (χ0n) is 8.83. The number of carbonyl (C=O) groups excluding carboxylic acids is 1. The summed E-state index contributed by atoms with van der Waals surface area (Å²) in [7, 11) is 0. The predicted molar refractivity (Wildman–Crippen MR) is 57.6 cm³/mol. The third-order valence-electron chi connectivity index (χ3n) is 2.52. The summed E-state index contributed by atoms with van der Waals surface area (Å²) in [5.74, 6) is -0.243. The van der Waals surface area contributed by atoms with Gasteiger partial charge in [-0.3, -0.25) is 4.79 Å². The molecule has 7 nitrogen and oxygen atoms in total. The number of pyridine rings is 1. The number of amides is 2. The molecular formula is C10H11N3O4. The lowest BCUT2D eigenvalue weighted by Crippen LogP contribution is -2.54. The number of aromatic nitrogens is 1. The van der Waals surface area contributed by atoms with Crippen LogP contribution < -0.4 is 5.32 Å². The highest BCUT2D eigenvalue weighted by atomic mass is 16.4. The number of likely N-dealkylation sites (tertiary alicyclic amines) is 1. The fourth-order valence-corrected chi connectivity index (χ4v) is 1.49. The molecule has 2 heterocycles. The van der Waals surface area contributed by atoms with Crippen molar-refractivity contribution in [3.05, 3.63) is 18.3 Å². The van der Waals surface area contributed by atoms with Gasteiger partial charge in [0.2, 0.25) is 5.91 Å². The van der Waals surface area contributed by atoms with Crippen molar-refractivity contribution < 1.29 is 19.8 Å². The second-order valence-electron chi connectivity index (χ2n) is 3.78. The van der Waals surface area contributed by atoms with Crippen LogP contribution in [0.15, 0.2) is 18.3 Å². The first kappa shape index (κ1) is 11.2. The van der Waals surface area contributed by atoms with Crippen LogP contribution in [0, 0.1) is 5.92 Å². The lowest BCUT2D eigenvalue weighted by molar-refractivity contribution is -0.123. The van der Waals surface area contributed by atoms with Crippen LogP contribution in [0.3, 0.4) is 0 Å². The molecule has 1 saturated heterocycles. The Morgan fingerprint density at radius 1 is 1.41 bits per heavy atom. The van der Waals surface area contributed by atoms with E-state index in [0.717, 1.165) is 4.90 Å². The Kier molecular flexibility index (Phi) is 2.82. The number of aromatic hydroxyl groups is 1. The van der Waals surface area contributed by atoms with E-state index < -0.39 is 6.09 Å². The van der Waals surface area contributed by atoms with E-state index in [2.05, 4.69) is 10.3 Å². The molecule has 1 fully saturated rings. The molecule has 0 radical (unpaired) electrons. The lowest BCUT2D eigenvalue weighted by Gasteiger charge is -2.35. The van der Waals surface area contributed by atoms with E-state index in [1.165, 1.54) is 18.3 Å². The van der Waals surface area contributed by atoms with Crippen molar-refractivity contribution in [3.63, 3.8) is 0 Å². The minimum atomic E-state index is -1.02. The molecule has 7 heteroatoms. The first-order valence-corrected chi connectivity index (χ1v) is 5.00.